The third-order valence-electron chi connectivity index (χ3n) is 2.60. The molecule has 1 rings (SSSR count). The summed E-state index contributed by atoms with van der Waals surface area (Å²) in [7, 11) is 0. The van der Waals surface area contributed by atoms with Gasteiger partial charge in [0.2, 0.25) is 5.91 Å². The number of thioether (sulfide) groups is 1. The molecule has 0 aliphatic carbocycles. The Morgan fingerprint density at radius 3 is 2.89 bits per heavy atom. The van der Waals surface area contributed by atoms with Crippen molar-refractivity contribution in [1.82, 2.24) is 20.5 Å². The summed E-state index contributed by atoms with van der Waals surface area (Å²) >= 11 is 1.59. The van der Waals surface area contributed by atoms with Crippen LogP contribution in [-0.4, -0.2) is 38.4 Å². The molecule has 1 atom stereocenters. The van der Waals surface area contributed by atoms with E-state index >= 15 is 0 Å². The molecule has 18 heavy (non-hydrogen) atoms. The van der Waals surface area contributed by atoms with Gasteiger partial charge in [-0.15, -0.1) is 0 Å². The van der Waals surface area contributed by atoms with Crippen LogP contribution in [0.25, 0.3) is 0 Å². The standard InChI is InChI=1S/C11H21N5OS/c1-8(2)15-11(3,9(12)17)5-4-6-18-10-13-7-14-16-10/h7-8,15H,4-6H2,1-3H3,(H2,12,17)(H,13,14,16). The van der Waals surface area contributed by atoms with Crippen LogP contribution in [0, 0.1) is 0 Å². The highest BCUT2D eigenvalue weighted by Gasteiger charge is 2.30. The Kier molecular flexibility index (Phi) is 5.61. The molecule has 0 bridgehead atoms. The highest BCUT2D eigenvalue weighted by atomic mass is 32.2. The van der Waals surface area contributed by atoms with Crippen LogP contribution in [0.3, 0.4) is 0 Å². The van der Waals surface area contributed by atoms with Crippen molar-refractivity contribution in [3.63, 3.8) is 0 Å². The molecule has 0 radical (unpaired) electrons. The minimum absolute atomic E-state index is 0.226. The molecular formula is C11H21N5OS. The highest BCUT2D eigenvalue weighted by molar-refractivity contribution is 7.99. The van der Waals surface area contributed by atoms with Crippen LogP contribution >= 0.6 is 11.8 Å². The monoisotopic (exact) mass is 271 g/mol. The minimum atomic E-state index is -0.643. The lowest BCUT2D eigenvalue weighted by molar-refractivity contribution is -0.124. The highest BCUT2D eigenvalue weighted by Crippen LogP contribution is 2.18. The lowest BCUT2D eigenvalue weighted by Crippen LogP contribution is -2.55. The average molecular weight is 271 g/mol. The van der Waals surface area contributed by atoms with Gasteiger partial charge in [-0.25, -0.2) is 4.98 Å². The van der Waals surface area contributed by atoms with Gasteiger partial charge in [0.1, 0.15) is 6.33 Å². The fourth-order valence-corrected chi connectivity index (χ4v) is 2.48. The molecule has 0 aromatic carbocycles. The SMILES string of the molecule is CC(C)NC(C)(CCCSc1ncn[nH]1)C(N)=O. The molecule has 0 aliphatic rings. The number of nitrogens with one attached hydrogen (secondary N) is 2. The van der Waals surface area contributed by atoms with Gasteiger partial charge in [0.15, 0.2) is 5.16 Å². The van der Waals surface area contributed by atoms with Gasteiger partial charge in [-0.2, -0.15) is 5.10 Å². The number of nitrogens with zero attached hydrogens (tertiary/aromatic N) is 2. The summed E-state index contributed by atoms with van der Waals surface area (Å²) in [5, 5.41) is 10.6. The van der Waals surface area contributed by atoms with Crippen molar-refractivity contribution in [3.8, 4) is 0 Å². The second-order valence-electron chi connectivity index (χ2n) is 4.74. The minimum Gasteiger partial charge on any atom is -0.368 e. The molecule has 0 saturated heterocycles. The zero-order valence-electron chi connectivity index (χ0n) is 11.1. The van der Waals surface area contributed by atoms with Crippen LogP contribution in [0.2, 0.25) is 0 Å². The third kappa shape index (κ3) is 4.66. The van der Waals surface area contributed by atoms with Gasteiger partial charge in [0.05, 0.1) is 5.54 Å². The van der Waals surface area contributed by atoms with E-state index in [9.17, 15) is 4.79 Å². The first-order chi connectivity index (χ1) is 8.44. The van der Waals surface area contributed by atoms with Gasteiger partial charge in [-0.1, -0.05) is 11.8 Å². The Morgan fingerprint density at radius 1 is 1.67 bits per heavy atom. The van der Waals surface area contributed by atoms with E-state index in [1.165, 1.54) is 6.33 Å². The van der Waals surface area contributed by atoms with E-state index in [1.807, 2.05) is 20.8 Å². The molecule has 1 aromatic heterocycles. The Morgan fingerprint density at radius 2 is 2.39 bits per heavy atom. The van der Waals surface area contributed by atoms with Crippen LogP contribution < -0.4 is 11.1 Å². The number of rotatable bonds is 8. The maximum atomic E-state index is 11.5. The number of primary amides is 1. The fourth-order valence-electron chi connectivity index (χ4n) is 1.76. The molecule has 0 aliphatic heterocycles. The Hall–Kier alpha value is -1.08. The third-order valence-corrected chi connectivity index (χ3v) is 3.57. The van der Waals surface area contributed by atoms with Crippen molar-refractivity contribution in [2.24, 2.45) is 5.73 Å². The zero-order valence-corrected chi connectivity index (χ0v) is 11.9. The first-order valence-corrected chi connectivity index (χ1v) is 6.98. The number of amides is 1. The topological polar surface area (TPSA) is 96.7 Å². The number of carbonyl (C=O) groups excluding carboxylic acids is 1. The summed E-state index contributed by atoms with van der Waals surface area (Å²) in [5.74, 6) is 0.568. The van der Waals surface area contributed by atoms with Gasteiger partial charge in [-0.3, -0.25) is 9.89 Å². The Labute approximate surface area is 112 Å². The smallest absolute Gasteiger partial charge is 0.237 e. The molecule has 1 unspecified atom stereocenters. The summed E-state index contributed by atoms with van der Waals surface area (Å²) in [6.07, 6.45) is 3.07. The van der Waals surface area contributed by atoms with Crippen molar-refractivity contribution >= 4 is 17.7 Å². The quantitative estimate of drug-likeness (QED) is 0.482. The number of hydrogen-bond donors (Lipinski definition) is 3. The van der Waals surface area contributed by atoms with E-state index in [0.29, 0.717) is 6.42 Å². The van der Waals surface area contributed by atoms with Gasteiger partial charge in [0.25, 0.3) is 0 Å². The van der Waals surface area contributed by atoms with E-state index in [1.54, 1.807) is 11.8 Å². The molecule has 1 aromatic rings. The number of H-pyrrole nitrogens is 1. The molecule has 4 N–H and O–H groups in total. The summed E-state index contributed by atoms with van der Waals surface area (Å²) in [4.78, 5) is 15.5. The molecule has 0 spiro atoms. The second-order valence-corrected chi connectivity index (χ2v) is 5.82. The van der Waals surface area contributed by atoms with E-state index in [-0.39, 0.29) is 11.9 Å². The predicted octanol–water partition coefficient (Wildman–Crippen LogP) is 0.919. The number of aromatic nitrogens is 3. The van der Waals surface area contributed by atoms with Crippen molar-refractivity contribution in [2.45, 2.75) is 50.4 Å². The summed E-state index contributed by atoms with van der Waals surface area (Å²) < 4.78 is 0. The Balaban J connectivity index is 2.36. The fraction of sp³-hybridized carbons (Fsp3) is 0.727. The number of hydrogen-bond acceptors (Lipinski definition) is 5. The number of aromatic amines is 1. The van der Waals surface area contributed by atoms with Gasteiger partial charge >= 0.3 is 0 Å². The van der Waals surface area contributed by atoms with E-state index in [4.69, 9.17) is 5.73 Å². The van der Waals surface area contributed by atoms with Crippen LogP contribution in [0.4, 0.5) is 0 Å². The van der Waals surface area contributed by atoms with Crippen molar-refractivity contribution < 1.29 is 4.79 Å². The van der Waals surface area contributed by atoms with E-state index < -0.39 is 5.54 Å². The van der Waals surface area contributed by atoms with Gasteiger partial charge in [-0.05, 0) is 33.6 Å². The molecule has 102 valence electrons. The number of nitrogens with two attached hydrogens (primary N) is 1. The van der Waals surface area contributed by atoms with Crippen LogP contribution in [0.15, 0.2) is 11.5 Å². The van der Waals surface area contributed by atoms with Crippen LogP contribution in [0.5, 0.6) is 0 Å². The van der Waals surface area contributed by atoms with Crippen molar-refractivity contribution in [2.75, 3.05) is 5.75 Å². The average Bonchev–Trinajstić information content (AvgIpc) is 2.76. The molecule has 7 heteroatoms. The Bertz CT molecular complexity index is 368. The van der Waals surface area contributed by atoms with Gasteiger partial charge in [0, 0.05) is 11.8 Å². The first-order valence-electron chi connectivity index (χ1n) is 6.00. The molecule has 1 heterocycles. The second kappa shape index (κ2) is 6.75. The first kappa shape index (κ1) is 15.0. The van der Waals surface area contributed by atoms with Crippen LogP contribution in [-0.2, 0) is 4.79 Å². The van der Waals surface area contributed by atoms with E-state index in [2.05, 4.69) is 20.5 Å². The maximum absolute atomic E-state index is 11.5. The largest absolute Gasteiger partial charge is 0.368 e. The predicted molar refractivity (Wildman–Crippen MR) is 72.2 cm³/mol. The van der Waals surface area contributed by atoms with Crippen molar-refractivity contribution in [3.05, 3.63) is 6.33 Å². The lowest BCUT2D eigenvalue weighted by Gasteiger charge is -2.29. The lowest BCUT2D eigenvalue weighted by atomic mass is 9.94. The van der Waals surface area contributed by atoms with Gasteiger partial charge < -0.3 is 11.1 Å². The molecule has 6 nitrogen and oxygen atoms in total. The molecule has 1 amide bonds. The summed E-state index contributed by atoms with van der Waals surface area (Å²) in [5.41, 5.74) is 4.82. The summed E-state index contributed by atoms with van der Waals surface area (Å²) in [6.45, 7) is 5.86. The van der Waals surface area contributed by atoms with Crippen molar-refractivity contribution in [1.29, 1.82) is 0 Å². The maximum Gasteiger partial charge on any atom is 0.237 e. The molecular weight excluding hydrogens is 250 g/mol. The molecule has 0 saturated carbocycles. The summed E-state index contributed by atoms with van der Waals surface area (Å²) in [6, 6.07) is 0.226. The number of carbonyl (C=O) groups is 1. The molecule has 0 fully saturated rings. The normalized spacial score (nSPS) is 14.7. The van der Waals surface area contributed by atoms with Crippen LogP contribution in [0.1, 0.15) is 33.6 Å². The zero-order chi connectivity index (χ0) is 13.6. The van der Waals surface area contributed by atoms with E-state index in [0.717, 1.165) is 17.3 Å².